The summed E-state index contributed by atoms with van der Waals surface area (Å²) in [7, 11) is 1.28. The van der Waals surface area contributed by atoms with E-state index in [2.05, 4.69) is 20.3 Å². The summed E-state index contributed by atoms with van der Waals surface area (Å²) in [4.78, 5) is 24.1. The molecule has 0 spiro atoms. The summed E-state index contributed by atoms with van der Waals surface area (Å²) in [6.45, 7) is 0. The molecular weight excluding hydrogens is 318 g/mol. The van der Waals surface area contributed by atoms with Crippen LogP contribution in [0.3, 0.4) is 0 Å². The molecule has 1 heterocycles. The Bertz CT molecular complexity index is 770. The number of aromatic amines is 1. The van der Waals surface area contributed by atoms with Gasteiger partial charge < -0.3 is 10.1 Å². The summed E-state index contributed by atoms with van der Waals surface area (Å²) >= 11 is 5.97. The fourth-order valence-electron chi connectivity index (χ4n) is 2.73. The molecule has 1 aliphatic rings. The van der Waals surface area contributed by atoms with E-state index in [-0.39, 0.29) is 16.5 Å². The number of esters is 1. The largest absolute Gasteiger partial charge is 0.465 e. The van der Waals surface area contributed by atoms with Gasteiger partial charge in [-0.1, -0.05) is 11.6 Å². The van der Waals surface area contributed by atoms with Crippen LogP contribution in [0.15, 0.2) is 18.2 Å². The number of carbonyl (C=O) groups excluding carboxylic acids is 2. The number of anilines is 1. The highest BCUT2D eigenvalue weighted by atomic mass is 35.5. The van der Waals surface area contributed by atoms with Crippen LogP contribution < -0.4 is 5.32 Å². The van der Waals surface area contributed by atoms with E-state index in [4.69, 9.17) is 11.6 Å². The van der Waals surface area contributed by atoms with Crippen molar-refractivity contribution in [1.82, 2.24) is 10.2 Å². The highest BCUT2D eigenvalue weighted by Gasteiger charge is 2.22. The number of H-pyrrole nitrogens is 1. The van der Waals surface area contributed by atoms with Crippen LogP contribution in [-0.4, -0.2) is 29.2 Å². The number of ether oxygens (including phenoxy) is 1. The van der Waals surface area contributed by atoms with Gasteiger partial charge in [0.1, 0.15) is 0 Å². The van der Waals surface area contributed by atoms with Crippen molar-refractivity contribution in [2.45, 2.75) is 25.7 Å². The standard InChI is InChI=1S/C16H16ClN3O3/c1-23-16(22)11-8-9(6-7-12(11)17)18-15(21)14-10-4-2-3-5-13(10)19-20-14/h6-8H,2-5H2,1H3,(H,18,21)(H,19,20). The van der Waals surface area contributed by atoms with Gasteiger partial charge in [0.05, 0.1) is 17.7 Å². The average Bonchev–Trinajstić information content (AvgIpc) is 3.00. The summed E-state index contributed by atoms with van der Waals surface area (Å²) in [5, 5.41) is 10.1. The van der Waals surface area contributed by atoms with E-state index in [0.29, 0.717) is 11.4 Å². The van der Waals surface area contributed by atoms with Crippen LogP contribution in [-0.2, 0) is 17.6 Å². The van der Waals surface area contributed by atoms with Gasteiger partial charge in [-0.2, -0.15) is 5.10 Å². The molecule has 0 unspecified atom stereocenters. The van der Waals surface area contributed by atoms with Gasteiger partial charge in [0, 0.05) is 16.9 Å². The summed E-state index contributed by atoms with van der Waals surface area (Å²) in [6, 6.07) is 4.67. The molecule has 0 aliphatic heterocycles. The van der Waals surface area contributed by atoms with E-state index in [1.807, 2.05) is 0 Å². The lowest BCUT2D eigenvalue weighted by Gasteiger charge is -2.11. The summed E-state index contributed by atoms with van der Waals surface area (Å²) in [5.74, 6) is -0.856. The minimum atomic E-state index is -0.553. The number of aromatic nitrogens is 2. The summed E-state index contributed by atoms with van der Waals surface area (Å²) in [6.07, 6.45) is 3.93. The Balaban J connectivity index is 1.83. The van der Waals surface area contributed by atoms with Crippen molar-refractivity contribution in [3.8, 4) is 0 Å². The lowest BCUT2D eigenvalue weighted by molar-refractivity contribution is 0.0600. The number of hydrogen-bond acceptors (Lipinski definition) is 4. The van der Waals surface area contributed by atoms with Crippen LogP contribution >= 0.6 is 11.6 Å². The zero-order valence-electron chi connectivity index (χ0n) is 12.6. The van der Waals surface area contributed by atoms with Crippen LogP contribution in [0.2, 0.25) is 5.02 Å². The Labute approximate surface area is 138 Å². The minimum Gasteiger partial charge on any atom is -0.465 e. The molecule has 7 heteroatoms. The van der Waals surface area contributed by atoms with Gasteiger partial charge in [0.2, 0.25) is 0 Å². The third-order valence-corrected chi connectivity index (χ3v) is 4.23. The third-order valence-electron chi connectivity index (χ3n) is 3.90. The molecule has 1 amide bonds. The first kappa shape index (κ1) is 15.6. The SMILES string of the molecule is COC(=O)c1cc(NC(=O)c2n[nH]c3c2CCCC3)ccc1Cl. The zero-order valence-corrected chi connectivity index (χ0v) is 13.4. The number of nitrogens with one attached hydrogen (secondary N) is 2. The molecular formula is C16H16ClN3O3. The van der Waals surface area contributed by atoms with Gasteiger partial charge in [0.25, 0.3) is 5.91 Å². The quantitative estimate of drug-likeness (QED) is 0.846. The van der Waals surface area contributed by atoms with Gasteiger partial charge >= 0.3 is 5.97 Å². The number of halogens is 1. The van der Waals surface area contributed by atoms with Crippen LogP contribution in [0.25, 0.3) is 0 Å². The van der Waals surface area contributed by atoms with Crippen molar-refractivity contribution < 1.29 is 14.3 Å². The topological polar surface area (TPSA) is 84.1 Å². The lowest BCUT2D eigenvalue weighted by Crippen LogP contribution is -2.16. The van der Waals surface area contributed by atoms with E-state index >= 15 is 0 Å². The Morgan fingerprint density at radius 3 is 2.87 bits per heavy atom. The molecule has 3 rings (SSSR count). The minimum absolute atomic E-state index is 0.205. The molecule has 6 nitrogen and oxygen atoms in total. The van der Waals surface area contributed by atoms with E-state index < -0.39 is 5.97 Å². The molecule has 0 saturated heterocycles. The maximum absolute atomic E-state index is 12.4. The van der Waals surface area contributed by atoms with Crippen molar-refractivity contribution in [3.05, 3.63) is 45.7 Å². The van der Waals surface area contributed by atoms with Crippen molar-refractivity contribution in [1.29, 1.82) is 0 Å². The average molecular weight is 334 g/mol. The van der Waals surface area contributed by atoms with Gasteiger partial charge in [-0.3, -0.25) is 9.89 Å². The molecule has 23 heavy (non-hydrogen) atoms. The first-order valence-corrected chi connectivity index (χ1v) is 7.73. The normalized spacial score (nSPS) is 13.3. The van der Waals surface area contributed by atoms with Crippen LogP contribution in [0, 0.1) is 0 Å². The Hall–Kier alpha value is -2.34. The number of aryl methyl sites for hydroxylation is 1. The van der Waals surface area contributed by atoms with Gasteiger partial charge in [-0.25, -0.2) is 4.79 Å². The summed E-state index contributed by atoms with van der Waals surface area (Å²) < 4.78 is 4.67. The van der Waals surface area contributed by atoms with Gasteiger partial charge in [-0.05, 0) is 43.9 Å². The fourth-order valence-corrected chi connectivity index (χ4v) is 2.92. The van der Waals surface area contributed by atoms with Gasteiger partial charge in [-0.15, -0.1) is 0 Å². The maximum Gasteiger partial charge on any atom is 0.339 e. The molecule has 0 atom stereocenters. The molecule has 0 fully saturated rings. The molecule has 0 bridgehead atoms. The number of carbonyl (C=O) groups is 2. The lowest BCUT2D eigenvalue weighted by atomic mass is 9.96. The fraction of sp³-hybridized carbons (Fsp3) is 0.312. The van der Waals surface area contributed by atoms with E-state index in [1.54, 1.807) is 12.1 Å². The molecule has 1 aromatic carbocycles. The smallest absolute Gasteiger partial charge is 0.339 e. The van der Waals surface area contributed by atoms with Crippen molar-refractivity contribution in [2.75, 3.05) is 12.4 Å². The number of benzene rings is 1. The first-order chi connectivity index (χ1) is 11.1. The molecule has 2 aromatic rings. The molecule has 1 aliphatic carbocycles. The number of methoxy groups -OCH3 is 1. The number of amides is 1. The van der Waals surface area contributed by atoms with Crippen molar-refractivity contribution in [3.63, 3.8) is 0 Å². The number of rotatable bonds is 3. The predicted octanol–water partition coefficient (Wildman–Crippen LogP) is 2.98. The molecule has 1 aromatic heterocycles. The van der Waals surface area contributed by atoms with E-state index in [1.165, 1.54) is 13.2 Å². The second-order valence-electron chi connectivity index (χ2n) is 5.38. The van der Waals surface area contributed by atoms with Crippen molar-refractivity contribution >= 4 is 29.2 Å². The first-order valence-electron chi connectivity index (χ1n) is 7.35. The number of hydrogen-bond donors (Lipinski definition) is 2. The highest BCUT2D eigenvalue weighted by molar-refractivity contribution is 6.33. The second kappa shape index (κ2) is 6.42. The molecule has 2 N–H and O–H groups in total. The van der Waals surface area contributed by atoms with Crippen molar-refractivity contribution in [2.24, 2.45) is 0 Å². The number of nitrogens with zero attached hydrogens (tertiary/aromatic N) is 1. The predicted molar refractivity (Wildman–Crippen MR) is 86.0 cm³/mol. The molecule has 120 valence electrons. The zero-order chi connectivity index (χ0) is 16.4. The van der Waals surface area contributed by atoms with E-state index in [0.717, 1.165) is 36.9 Å². The Morgan fingerprint density at radius 2 is 2.09 bits per heavy atom. The Morgan fingerprint density at radius 1 is 1.30 bits per heavy atom. The van der Waals surface area contributed by atoms with Crippen LogP contribution in [0.4, 0.5) is 5.69 Å². The van der Waals surface area contributed by atoms with Crippen LogP contribution in [0.1, 0.15) is 44.9 Å². The molecule has 0 saturated carbocycles. The Kier molecular flexibility index (Phi) is 4.34. The van der Waals surface area contributed by atoms with Gasteiger partial charge in [0.15, 0.2) is 5.69 Å². The number of fused-ring (bicyclic) bond motifs is 1. The maximum atomic E-state index is 12.4. The molecule has 0 radical (unpaired) electrons. The summed E-state index contributed by atoms with van der Waals surface area (Å²) in [5.41, 5.74) is 3.10. The van der Waals surface area contributed by atoms with Crippen LogP contribution in [0.5, 0.6) is 0 Å². The second-order valence-corrected chi connectivity index (χ2v) is 5.78. The monoisotopic (exact) mass is 333 g/mol. The third kappa shape index (κ3) is 3.07. The van der Waals surface area contributed by atoms with E-state index in [9.17, 15) is 9.59 Å². The highest BCUT2D eigenvalue weighted by Crippen LogP contribution is 2.24.